The van der Waals surface area contributed by atoms with E-state index in [1.807, 2.05) is 0 Å². The normalized spacial score (nSPS) is 23.9. The molecule has 1 saturated heterocycles. The number of aromatic carboxylic acids is 1. The Morgan fingerprint density at radius 3 is 2.25 bits per heavy atom. The van der Waals surface area contributed by atoms with E-state index in [1.165, 1.54) is 0 Å². The standard InChI is InChI=1S/C11H12FNO6S/c12-7-3-6(11(16)17)1-2-10(7)20(18,19)13-4-8(14)9(15)5-13/h1-3,8-9,14-15H,4-5H2,(H,16,17). The van der Waals surface area contributed by atoms with Gasteiger partial charge in [0.1, 0.15) is 10.7 Å². The Bertz CT molecular complexity index is 636. The summed E-state index contributed by atoms with van der Waals surface area (Å²) in [4.78, 5) is 9.97. The lowest BCUT2D eigenvalue weighted by atomic mass is 10.2. The molecule has 20 heavy (non-hydrogen) atoms. The molecule has 7 nitrogen and oxygen atoms in total. The molecule has 2 unspecified atom stereocenters. The number of nitrogens with zero attached hydrogens (tertiary/aromatic N) is 1. The fourth-order valence-corrected chi connectivity index (χ4v) is 3.44. The van der Waals surface area contributed by atoms with Crippen LogP contribution in [-0.2, 0) is 10.0 Å². The number of rotatable bonds is 3. The quantitative estimate of drug-likeness (QED) is 0.677. The summed E-state index contributed by atoms with van der Waals surface area (Å²) in [6.07, 6.45) is -2.46. The molecule has 1 aliphatic rings. The zero-order valence-corrected chi connectivity index (χ0v) is 10.9. The lowest BCUT2D eigenvalue weighted by Gasteiger charge is -2.16. The zero-order chi connectivity index (χ0) is 15.1. The van der Waals surface area contributed by atoms with Crippen LogP contribution in [-0.4, -0.2) is 59.3 Å². The van der Waals surface area contributed by atoms with Crippen LogP contribution in [0, 0.1) is 5.82 Å². The van der Waals surface area contributed by atoms with Crippen LogP contribution in [0.25, 0.3) is 0 Å². The highest BCUT2D eigenvalue weighted by molar-refractivity contribution is 7.89. The van der Waals surface area contributed by atoms with Crippen molar-refractivity contribution in [1.29, 1.82) is 0 Å². The third-order valence-electron chi connectivity index (χ3n) is 3.02. The van der Waals surface area contributed by atoms with Gasteiger partial charge in [0.2, 0.25) is 10.0 Å². The Kier molecular flexibility index (Phi) is 3.78. The van der Waals surface area contributed by atoms with Crippen molar-refractivity contribution in [2.75, 3.05) is 13.1 Å². The molecule has 1 fully saturated rings. The second-order valence-corrected chi connectivity index (χ2v) is 6.31. The van der Waals surface area contributed by atoms with Gasteiger partial charge in [0.05, 0.1) is 17.8 Å². The minimum Gasteiger partial charge on any atom is -0.478 e. The first-order chi connectivity index (χ1) is 9.23. The van der Waals surface area contributed by atoms with Crippen LogP contribution in [0.1, 0.15) is 10.4 Å². The Hall–Kier alpha value is -1.55. The van der Waals surface area contributed by atoms with Gasteiger partial charge in [0.25, 0.3) is 0 Å². The number of aliphatic hydroxyl groups is 2. The molecule has 0 spiro atoms. The molecule has 0 radical (unpaired) electrons. The molecule has 3 N–H and O–H groups in total. The minimum atomic E-state index is -4.23. The number of aliphatic hydroxyl groups excluding tert-OH is 2. The number of benzene rings is 1. The summed E-state index contributed by atoms with van der Waals surface area (Å²) >= 11 is 0. The molecule has 1 aromatic rings. The van der Waals surface area contributed by atoms with Crippen molar-refractivity contribution in [2.24, 2.45) is 0 Å². The van der Waals surface area contributed by atoms with E-state index in [4.69, 9.17) is 5.11 Å². The molecule has 0 saturated carbocycles. The molecule has 2 atom stereocenters. The van der Waals surface area contributed by atoms with Gasteiger partial charge in [-0.25, -0.2) is 17.6 Å². The highest BCUT2D eigenvalue weighted by Gasteiger charge is 2.38. The SMILES string of the molecule is O=C(O)c1ccc(S(=O)(=O)N2CC(O)C(O)C2)c(F)c1. The number of halogens is 1. The predicted octanol–water partition coefficient (Wildman–Crippen LogP) is -0.750. The van der Waals surface area contributed by atoms with Gasteiger partial charge in [-0.15, -0.1) is 0 Å². The highest BCUT2D eigenvalue weighted by Crippen LogP contribution is 2.24. The molecule has 0 aliphatic carbocycles. The van der Waals surface area contributed by atoms with E-state index in [0.29, 0.717) is 6.07 Å². The zero-order valence-electron chi connectivity index (χ0n) is 10.1. The first kappa shape index (κ1) is 14.9. The average molecular weight is 305 g/mol. The average Bonchev–Trinajstić information content (AvgIpc) is 2.69. The molecule has 110 valence electrons. The van der Waals surface area contributed by atoms with Gasteiger partial charge in [-0.1, -0.05) is 0 Å². The molecule has 0 aromatic heterocycles. The van der Waals surface area contributed by atoms with Gasteiger partial charge in [0.15, 0.2) is 0 Å². The largest absolute Gasteiger partial charge is 0.478 e. The van der Waals surface area contributed by atoms with E-state index < -0.39 is 38.9 Å². The highest BCUT2D eigenvalue weighted by atomic mass is 32.2. The van der Waals surface area contributed by atoms with Crippen molar-refractivity contribution < 1.29 is 32.9 Å². The van der Waals surface area contributed by atoms with E-state index in [2.05, 4.69) is 0 Å². The molecule has 9 heteroatoms. The number of β-amino-alcohol motifs (C(OH)–C–C–N with tert-alkyl or cyclic N) is 2. The van der Waals surface area contributed by atoms with Crippen LogP contribution >= 0.6 is 0 Å². The first-order valence-electron chi connectivity index (χ1n) is 5.62. The second-order valence-electron chi connectivity index (χ2n) is 4.41. The first-order valence-corrected chi connectivity index (χ1v) is 7.06. The Labute approximate surface area is 113 Å². The maximum atomic E-state index is 13.8. The van der Waals surface area contributed by atoms with Crippen LogP contribution in [0.2, 0.25) is 0 Å². The van der Waals surface area contributed by atoms with Gasteiger partial charge < -0.3 is 15.3 Å². The summed E-state index contributed by atoms with van der Waals surface area (Å²) in [6.45, 7) is -0.687. The molecule has 0 amide bonds. The van der Waals surface area contributed by atoms with Gasteiger partial charge >= 0.3 is 5.97 Å². The summed E-state index contributed by atoms with van der Waals surface area (Å²) in [7, 11) is -4.23. The van der Waals surface area contributed by atoms with E-state index >= 15 is 0 Å². The van der Waals surface area contributed by atoms with E-state index in [-0.39, 0.29) is 18.7 Å². The van der Waals surface area contributed by atoms with Crippen molar-refractivity contribution in [3.8, 4) is 0 Å². The summed E-state index contributed by atoms with van der Waals surface area (Å²) in [6, 6.07) is 2.44. The van der Waals surface area contributed by atoms with Gasteiger partial charge in [-0.3, -0.25) is 0 Å². The second kappa shape index (κ2) is 5.09. The van der Waals surface area contributed by atoms with Crippen LogP contribution < -0.4 is 0 Å². The topological polar surface area (TPSA) is 115 Å². The molecular weight excluding hydrogens is 293 g/mol. The van der Waals surface area contributed by atoms with E-state index in [9.17, 15) is 27.8 Å². The van der Waals surface area contributed by atoms with Crippen LogP contribution in [0.15, 0.2) is 23.1 Å². The Balaban J connectivity index is 2.38. The predicted molar refractivity (Wildman–Crippen MR) is 64.1 cm³/mol. The lowest BCUT2D eigenvalue weighted by molar-refractivity contribution is 0.0572. The fraction of sp³-hybridized carbons (Fsp3) is 0.364. The van der Waals surface area contributed by atoms with Crippen molar-refractivity contribution in [3.05, 3.63) is 29.6 Å². The molecule has 1 aliphatic heterocycles. The lowest BCUT2D eigenvalue weighted by Crippen LogP contribution is -2.30. The van der Waals surface area contributed by atoms with E-state index in [0.717, 1.165) is 16.4 Å². The number of carboxylic acid groups (broad SMARTS) is 1. The van der Waals surface area contributed by atoms with Crippen molar-refractivity contribution >= 4 is 16.0 Å². The van der Waals surface area contributed by atoms with Gasteiger partial charge in [-0.2, -0.15) is 4.31 Å². The number of hydrogen-bond acceptors (Lipinski definition) is 5. The number of carbonyl (C=O) groups is 1. The van der Waals surface area contributed by atoms with E-state index in [1.54, 1.807) is 0 Å². The van der Waals surface area contributed by atoms with Crippen LogP contribution in [0.5, 0.6) is 0 Å². The third kappa shape index (κ3) is 2.52. The number of sulfonamides is 1. The Morgan fingerprint density at radius 2 is 1.80 bits per heavy atom. The molecule has 2 rings (SSSR count). The number of carboxylic acids is 1. The van der Waals surface area contributed by atoms with Crippen molar-refractivity contribution in [2.45, 2.75) is 17.1 Å². The summed E-state index contributed by atoms with van der Waals surface area (Å²) in [5.74, 6) is -2.57. The third-order valence-corrected chi connectivity index (χ3v) is 4.89. The summed E-state index contributed by atoms with van der Waals surface area (Å²) in [5, 5.41) is 27.4. The fourth-order valence-electron chi connectivity index (χ4n) is 1.91. The van der Waals surface area contributed by atoms with Crippen molar-refractivity contribution in [1.82, 2.24) is 4.31 Å². The smallest absolute Gasteiger partial charge is 0.335 e. The number of hydrogen-bond donors (Lipinski definition) is 3. The van der Waals surface area contributed by atoms with Crippen molar-refractivity contribution in [3.63, 3.8) is 0 Å². The summed E-state index contributed by atoms with van der Waals surface area (Å²) < 4.78 is 38.8. The van der Waals surface area contributed by atoms with Crippen LogP contribution in [0.4, 0.5) is 4.39 Å². The monoisotopic (exact) mass is 305 g/mol. The van der Waals surface area contributed by atoms with Gasteiger partial charge in [-0.05, 0) is 18.2 Å². The Morgan fingerprint density at radius 1 is 1.25 bits per heavy atom. The summed E-state index contributed by atoms with van der Waals surface area (Å²) in [5.41, 5.74) is -0.372. The van der Waals surface area contributed by atoms with Crippen LogP contribution in [0.3, 0.4) is 0 Å². The van der Waals surface area contributed by atoms with Gasteiger partial charge in [0, 0.05) is 13.1 Å². The maximum Gasteiger partial charge on any atom is 0.335 e. The molecular formula is C11H12FNO6S. The molecule has 0 bridgehead atoms. The molecule has 1 heterocycles. The maximum absolute atomic E-state index is 13.8. The molecule has 1 aromatic carbocycles. The minimum absolute atomic E-state index is 0.344.